The Kier molecular flexibility index (Phi) is 5.04. The largest absolute Gasteiger partial charge is 0.497 e. The van der Waals surface area contributed by atoms with E-state index in [0.29, 0.717) is 11.7 Å². The summed E-state index contributed by atoms with van der Waals surface area (Å²) in [7, 11) is 1.67. The summed E-state index contributed by atoms with van der Waals surface area (Å²) in [5, 5.41) is 10.6. The maximum atomic E-state index is 13.5. The summed E-state index contributed by atoms with van der Waals surface area (Å²) in [5.74, 6) is 5.18. The van der Waals surface area contributed by atoms with Crippen molar-refractivity contribution in [3.63, 3.8) is 0 Å². The van der Waals surface area contributed by atoms with Crippen LogP contribution in [0.2, 0.25) is 0 Å². The van der Waals surface area contributed by atoms with Crippen LogP contribution in [0.1, 0.15) is 82.0 Å². The van der Waals surface area contributed by atoms with Gasteiger partial charge in [-0.1, -0.05) is 6.92 Å². The third-order valence-corrected chi connectivity index (χ3v) is 9.93. The number of fused-ring (bicyclic) bond motifs is 5. The second-order valence-corrected chi connectivity index (χ2v) is 11.4. The molecule has 3 heteroatoms. The standard InChI is InChI=1S/C27H38O3/c1-26(29)14-12-20-18(16-26)6-9-22-21(20)13-15-27(2)23(22)10-11-24(27)25(28)17-4-7-19(30-3)8-5-17/h4-5,7-8,18,20-24,29H,6,9-16H2,1-3H3/t18-,20-,21+,22+,23-,24+,26+,27-/m0/s1. The Morgan fingerprint density at radius 2 is 1.67 bits per heavy atom. The molecule has 0 aromatic heterocycles. The highest BCUT2D eigenvalue weighted by Crippen LogP contribution is 2.64. The molecule has 0 saturated heterocycles. The summed E-state index contributed by atoms with van der Waals surface area (Å²) >= 11 is 0. The number of Topliss-reactive ketones (excluding diaryl/α,β-unsaturated/α-hetero) is 1. The van der Waals surface area contributed by atoms with Crippen molar-refractivity contribution in [2.75, 3.05) is 7.11 Å². The molecule has 3 nitrogen and oxygen atoms in total. The summed E-state index contributed by atoms with van der Waals surface area (Å²) < 4.78 is 5.27. The lowest BCUT2D eigenvalue weighted by atomic mass is 9.49. The van der Waals surface area contributed by atoms with Crippen LogP contribution in [0.15, 0.2) is 24.3 Å². The third-order valence-electron chi connectivity index (χ3n) is 9.93. The summed E-state index contributed by atoms with van der Waals surface area (Å²) in [6, 6.07) is 7.72. The summed E-state index contributed by atoms with van der Waals surface area (Å²) in [5.41, 5.74) is 0.564. The molecule has 0 aliphatic heterocycles. The second-order valence-electron chi connectivity index (χ2n) is 11.4. The minimum absolute atomic E-state index is 0.158. The summed E-state index contributed by atoms with van der Waals surface area (Å²) in [4.78, 5) is 13.5. The number of methoxy groups -OCH3 is 1. The number of hydrogen-bond donors (Lipinski definition) is 1. The molecule has 0 radical (unpaired) electrons. The minimum atomic E-state index is -0.444. The van der Waals surface area contributed by atoms with E-state index >= 15 is 0 Å². The molecule has 30 heavy (non-hydrogen) atoms. The van der Waals surface area contributed by atoms with Crippen LogP contribution in [0.5, 0.6) is 5.75 Å². The Morgan fingerprint density at radius 3 is 2.40 bits per heavy atom. The van der Waals surface area contributed by atoms with Gasteiger partial charge in [-0.05, 0) is 124 Å². The number of benzene rings is 1. The molecule has 164 valence electrons. The second kappa shape index (κ2) is 7.36. The van der Waals surface area contributed by atoms with Gasteiger partial charge in [0, 0.05) is 11.5 Å². The van der Waals surface area contributed by atoms with Crippen LogP contribution < -0.4 is 4.74 Å². The first-order chi connectivity index (χ1) is 14.3. The fourth-order valence-corrected chi connectivity index (χ4v) is 8.47. The Balaban J connectivity index is 1.34. The molecule has 8 atom stereocenters. The Hall–Kier alpha value is -1.35. The Morgan fingerprint density at radius 1 is 0.933 bits per heavy atom. The first-order valence-electron chi connectivity index (χ1n) is 12.2. The molecule has 4 aliphatic carbocycles. The van der Waals surface area contributed by atoms with Gasteiger partial charge in [0.25, 0.3) is 0 Å². The molecule has 4 fully saturated rings. The van der Waals surface area contributed by atoms with Crippen LogP contribution in [0.4, 0.5) is 0 Å². The maximum absolute atomic E-state index is 13.5. The molecule has 4 saturated carbocycles. The molecule has 4 aliphatic rings. The van der Waals surface area contributed by atoms with Gasteiger partial charge in [0.1, 0.15) is 5.75 Å². The van der Waals surface area contributed by atoms with Crippen molar-refractivity contribution in [3.8, 4) is 5.75 Å². The minimum Gasteiger partial charge on any atom is -0.497 e. The predicted octanol–water partition coefficient (Wildman–Crippen LogP) is 5.90. The van der Waals surface area contributed by atoms with Crippen molar-refractivity contribution < 1.29 is 14.6 Å². The van der Waals surface area contributed by atoms with Crippen molar-refractivity contribution in [2.45, 2.75) is 77.2 Å². The van der Waals surface area contributed by atoms with E-state index in [4.69, 9.17) is 4.74 Å². The number of hydrogen-bond acceptors (Lipinski definition) is 3. The third kappa shape index (κ3) is 3.23. The van der Waals surface area contributed by atoms with Gasteiger partial charge < -0.3 is 9.84 Å². The molecule has 0 bridgehead atoms. The number of carbonyl (C=O) groups excluding carboxylic acids is 1. The fourth-order valence-electron chi connectivity index (χ4n) is 8.47. The predicted molar refractivity (Wildman–Crippen MR) is 119 cm³/mol. The smallest absolute Gasteiger partial charge is 0.166 e. The lowest BCUT2D eigenvalue weighted by Gasteiger charge is -2.56. The van der Waals surface area contributed by atoms with Crippen molar-refractivity contribution in [1.82, 2.24) is 0 Å². The van der Waals surface area contributed by atoms with Crippen molar-refractivity contribution in [2.24, 2.45) is 40.9 Å². The van der Waals surface area contributed by atoms with E-state index in [0.717, 1.165) is 54.2 Å². The van der Waals surface area contributed by atoms with Gasteiger partial charge in [0.2, 0.25) is 0 Å². The zero-order valence-electron chi connectivity index (χ0n) is 18.9. The van der Waals surface area contributed by atoms with Crippen LogP contribution in [-0.4, -0.2) is 23.6 Å². The number of carbonyl (C=O) groups is 1. The highest BCUT2D eigenvalue weighted by atomic mass is 16.5. The van der Waals surface area contributed by atoms with Crippen LogP contribution in [0, 0.1) is 40.9 Å². The van der Waals surface area contributed by atoms with E-state index in [2.05, 4.69) is 6.92 Å². The van der Waals surface area contributed by atoms with E-state index in [1.165, 1.54) is 38.5 Å². The number of rotatable bonds is 3. The van der Waals surface area contributed by atoms with Gasteiger partial charge in [-0.25, -0.2) is 0 Å². The molecule has 1 N–H and O–H groups in total. The lowest BCUT2D eigenvalue weighted by Crippen LogP contribution is -2.51. The maximum Gasteiger partial charge on any atom is 0.166 e. The molecule has 0 heterocycles. The van der Waals surface area contributed by atoms with Gasteiger partial charge in [-0.15, -0.1) is 0 Å². The van der Waals surface area contributed by atoms with Gasteiger partial charge >= 0.3 is 0 Å². The average Bonchev–Trinajstić information content (AvgIpc) is 3.09. The van der Waals surface area contributed by atoms with Crippen molar-refractivity contribution in [3.05, 3.63) is 29.8 Å². The number of aliphatic hydroxyl groups is 1. The van der Waals surface area contributed by atoms with Gasteiger partial charge in [0.05, 0.1) is 12.7 Å². The monoisotopic (exact) mass is 410 g/mol. The number of ether oxygens (including phenoxy) is 1. The van der Waals surface area contributed by atoms with Crippen molar-refractivity contribution >= 4 is 5.78 Å². The van der Waals surface area contributed by atoms with Crippen LogP contribution in [0.3, 0.4) is 0 Å². The number of ketones is 1. The van der Waals surface area contributed by atoms with E-state index in [1.54, 1.807) is 7.11 Å². The Labute approximate surface area is 181 Å². The van der Waals surface area contributed by atoms with E-state index < -0.39 is 5.60 Å². The summed E-state index contributed by atoms with van der Waals surface area (Å²) in [6.07, 6.45) is 10.5. The quantitative estimate of drug-likeness (QED) is 0.631. The average molecular weight is 411 g/mol. The Bertz CT molecular complexity index is 797. The highest BCUT2D eigenvalue weighted by Gasteiger charge is 2.58. The SMILES string of the molecule is COc1ccc(C(=O)[C@H]2CC[C@H]3[C@@H]4CC[C@H]5C[C@](C)(O)CC[C@@H]5[C@H]4CC[C@]23C)cc1. The topological polar surface area (TPSA) is 46.5 Å². The van der Waals surface area contributed by atoms with Gasteiger partial charge in [0.15, 0.2) is 5.78 Å². The molecule has 5 rings (SSSR count). The summed E-state index contributed by atoms with van der Waals surface area (Å²) in [6.45, 7) is 4.48. The van der Waals surface area contributed by atoms with Gasteiger partial charge in [-0.3, -0.25) is 4.79 Å². The molecule has 0 spiro atoms. The van der Waals surface area contributed by atoms with E-state index in [1.807, 2.05) is 31.2 Å². The zero-order valence-corrected chi connectivity index (χ0v) is 18.9. The molecule has 1 aromatic carbocycles. The fraction of sp³-hybridized carbons (Fsp3) is 0.741. The van der Waals surface area contributed by atoms with E-state index in [-0.39, 0.29) is 11.3 Å². The van der Waals surface area contributed by atoms with Crippen molar-refractivity contribution in [1.29, 1.82) is 0 Å². The molecule has 1 aromatic rings. The molecular weight excluding hydrogens is 372 g/mol. The van der Waals surface area contributed by atoms with Crippen LogP contribution >= 0.6 is 0 Å². The van der Waals surface area contributed by atoms with Crippen LogP contribution in [-0.2, 0) is 0 Å². The molecule has 0 unspecified atom stereocenters. The molecule has 0 amide bonds. The molecular formula is C27H38O3. The first-order valence-corrected chi connectivity index (χ1v) is 12.2. The van der Waals surface area contributed by atoms with Gasteiger partial charge in [-0.2, -0.15) is 0 Å². The van der Waals surface area contributed by atoms with Crippen LogP contribution in [0.25, 0.3) is 0 Å². The zero-order chi connectivity index (χ0) is 21.1. The first kappa shape index (κ1) is 20.5. The van der Waals surface area contributed by atoms with E-state index in [9.17, 15) is 9.90 Å². The lowest BCUT2D eigenvalue weighted by molar-refractivity contribution is -0.0976. The normalized spacial score (nSPS) is 45.2. The highest BCUT2D eigenvalue weighted by molar-refractivity contribution is 5.98.